The van der Waals surface area contributed by atoms with Crippen LogP contribution in [0.2, 0.25) is 0 Å². The molecule has 98 valence electrons. The van der Waals surface area contributed by atoms with Crippen LogP contribution in [0.4, 0.5) is 5.69 Å². The molecular formula is C14H15N3O2. The van der Waals surface area contributed by atoms with Gasteiger partial charge in [-0.3, -0.25) is 4.79 Å². The number of ether oxygens (including phenoxy) is 1. The van der Waals surface area contributed by atoms with Crippen LogP contribution in [0, 0.1) is 0 Å². The Morgan fingerprint density at radius 3 is 2.79 bits per heavy atom. The molecule has 0 saturated heterocycles. The smallest absolute Gasteiger partial charge is 0.221 e. The lowest BCUT2D eigenvalue weighted by atomic mass is 10.3. The van der Waals surface area contributed by atoms with Gasteiger partial charge in [0.1, 0.15) is 0 Å². The van der Waals surface area contributed by atoms with Crippen LogP contribution >= 0.6 is 0 Å². The monoisotopic (exact) mass is 257 g/mol. The molecule has 1 aromatic heterocycles. The van der Waals surface area contributed by atoms with Gasteiger partial charge in [-0.2, -0.15) is 0 Å². The standard InChI is InChI=1S/C14H15N3O2/c1-10(18)16-12-6-2-3-7-13(12)19-14-8-4-5-11(9-15)17-14/h2-8H,9,15H2,1H3,(H,16,18). The van der Waals surface area contributed by atoms with Crippen LogP contribution in [-0.4, -0.2) is 10.9 Å². The molecule has 0 unspecified atom stereocenters. The van der Waals surface area contributed by atoms with Crippen LogP contribution in [-0.2, 0) is 11.3 Å². The van der Waals surface area contributed by atoms with E-state index in [9.17, 15) is 4.79 Å². The number of nitrogens with one attached hydrogen (secondary N) is 1. The van der Waals surface area contributed by atoms with Crippen LogP contribution in [0.3, 0.4) is 0 Å². The van der Waals surface area contributed by atoms with Crippen molar-refractivity contribution in [2.75, 3.05) is 5.32 Å². The van der Waals surface area contributed by atoms with Crippen molar-refractivity contribution in [1.82, 2.24) is 4.98 Å². The third-order valence-corrected chi connectivity index (χ3v) is 2.40. The Bertz CT molecular complexity index is 584. The minimum Gasteiger partial charge on any atom is -0.437 e. The maximum atomic E-state index is 11.1. The van der Waals surface area contributed by atoms with Crippen molar-refractivity contribution >= 4 is 11.6 Å². The van der Waals surface area contributed by atoms with E-state index in [-0.39, 0.29) is 5.91 Å². The van der Waals surface area contributed by atoms with Gasteiger partial charge in [0.2, 0.25) is 11.8 Å². The number of carbonyl (C=O) groups excluding carboxylic acids is 1. The van der Waals surface area contributed by atoms with Gasteiger partial charge < -0.3 is 15.8 Å². The van der Waals surface area contributed by atoms with E-state index in [1.54, 1.807) is 18.2 Å². The number of amides is 1. The number of anilines is 1. The summed E-state index contributed by atoms with van der Waals surface area (Å²) in [6.45, 7) is 1.80. The predicted octanol–water partition coefficient (Wildman–Crippen LogP) is 2.29. The molecule has 0 radical (unpaired) electrons. The Kier molecular flexibility index (Phi) is 4.10. The average molecular weight is 257 g/mol. The summed E-state index contributed by atoms with van der Waals surface area (Å²) in [7, 11) is 0. The second-order valence-corrected chi connectivity index (χ2v) is 3.95. The maximum absolute atomic E-state index is 11.1. The van der Waals surface area contributed by atoms with Crippen LogP contribution in [0.15, 0.2) is 42.5 Å². The highest BCUT2D eigenvalue weighted by molar-refractivity contribution is 5.90. The number of hydrogen-bond donors (Lipinski definition) is 2. The Hall–Kier alpha value is -2.40. The summed E-state index contributed by atoms with van der Waals surface area (Å²) in [6, 6.07) is 12.6. The van der Waals surface area contributed by atoms with E-state index in [0.717, 1.165) is 5.69 Å². The molecule has 5 nitrogen and oxygen atoms in total. The van der Waals surface area contributed by atoms with Crippen LogP contribution in [0.5, 0.6) is 11.6 Å². The Morgan fingerprint density at radius 2 is 2.05 bits per heavy atom. The number of nitrogens with zero attached hydrogens (tertiary/aromatic N) is 1. The van der Waals surface area contributed by atoms with Gasteiger partial charge in [-0.1, -0.05) is 18.2 Å². The lowest BCUT2D eigenvalue weighted by Gasteiger charge is -2.10. The second kappa shape index (κ2) is 5.97. The quantitative estimate of drug-likeness (QED) is 0.881. The van der Waals surface area contributed by atoms with E-state index in [4.69, 9.17) is 10.5 Å². The summed E-state index contributed by atoms with van der Waals surface area (Å²) in [5.41, 5.74) is 6.88. The largest absolute Gasteiger partial charge is 0.437 e. The van der Waals surface area contributed by atoms with Crippen molar-refractivity contribution in [3.8, 4) is 11.6 Å². The SMILES string of the molecule is CC(=O)Nc1ccccc1Oc1cccc(CN)n1. The van der Waals surface area contributed by atoms with E-state index in [1.165, 1.54) is 6.92 Å². The van der Waals surface area contributed by atoms with Crippen LogP contribution < -0.4 is 15.8 Å². The van der Waals surface area contributed by atoms with Crippen LogP contribution in [0.25, 0.3) is 0 Å². The number of benzene rings is 1. The number of hydrogen-bond acceptors (Lipinski definition) is 4. The summed E-state index contributed by atoms with van der Waals surface area (Å²) in [4.78, 5) is 15.4. The van der Waals surface area contributed by atoms with E-state index in [1.807, 2.05) is 24.3 Å². The average Bonchev–Trinajstić information content (AvgIpc) is 2.41. The lowest BCUT2D eigenvalue weighted by molar-refractivity contribution is -0.114. The lowest BCUT2D eigenvalue weighted by Crippen LogP contribution is -2.07. The van der Waals surface area contributed by atoms with Gasteiger partial charge in [0, 0.05) is 19.5 Å². The van der Waals surface area contributed by atoms with Crippen molar-refractivity contribution in [3.05, 3.63) is 48.2 Å². The normalized spacial score (nSPS) is 10.0. The molecule has 2 aromatic rings. The van der Waals surface area contributed by atoms with E-state index < -0.39 is 0 Å². The van der Waals surface area contributed by atoms with Crippen molar-refractivity contribution < 1.29 is 9.53 Å². The van der Waals surface area contributed by atoms with Gasteiger partial charge in [0.05, 0.1) is 11.4 Å². The maximum Gasteiger partial charge on any atom is 0.221 e. The zero-order valence-electron chi connectivity index (χ0n) is 10.6. The molecule has 3 N–H and O–H groups in total. The molecule has 0 bridgehead atoms. The van der Waals surface area contributed by atoms with E-state index in [2.05, 4.69) is 10.3 Å². The van der Waals surface area contributed by atoms with Crippen molar-refractivity contribution in [2.24, 2.45) is 5.73 Å². The minimum atomic E-state index is -0.153. The summed E-state index contributed by atoms with van der Waals surface area (Å²) in [6.07, 6.45) is 0. The first-order chi connectivity index (χ1) is 9.19. The first kappa shape index (κ1) is 13.0. The van der Waals surface area contributed by atoms with Gasteiger partial charge in [0.15, 0.2) is 5.75 Å². The molecule has 0 spiro atoms. The molecule has 5 heteroatoms. The Morgan fingerprint density at radius 1 is 1.26 bits per heavy atom. The first-order valence-electron chi connectivity index (χ1n) is 5.89. The minimum absolute atomic E-state index is 0.153. The number of pyridine rings is 1. The number of para-hydroxylation sites is 2. The molecule has 0 aliphatic heterocycles. The van der Waals surface area contributed by atoms with E-state index in [0.29, 0.717) is 23.9 Å². The Labute approximate surface area is 111 Å². The third-order valence-electron chi connectivity index (χ3n) is 2.40. The molecule has 1 heterocycles. The number of rotatable bonds is 4. The van der Waals surface area contributed by atoms with Gasteiger partial charge in [-0.25, -0.2) is 4.98 Å². The van der Waals surface area contributed by atoms with Crippen molar-refractivity contribution in [1.29, 1.82) is 0 Å². The first-order valence-corrected chi connectivity index (χ1v) is 5.89. The van der Waals surface area contributed by atoms with Crippen molar-refractivity contribution in [2.45, 2.75) is 13.5 Å². The number of nitrogens with two attached hydrogens (primary N) is 1. The second-order valence-electron chi connectivity index (χ2n) is 3.95. The Balaban J connectivity index is 2.24. The summed E-state index contributed by atoms with van der Waals surface area (Å²) >= 11 is 0. The molecule has 2 rings (SSSR count). The molecular weight excluding hydrogens is 242 g/mol. The highest BCUT2D eigenvalue weighted by Gasteiger charge is 2.06. The molecule has 0 aliphatic carbocycles. The van der Waals surface area contributed by atoms with Gasteiger partial charge in [-0.05, 0) is 18.2 Å². The van der Waals surface area contributed by atoms with Crippen molar-refractivity contribution in [3.63, 3.8) is 0 Å². The number of carbonyl (C=O) groups is 1. The number of aromatic nitrogens is 1. The molecule has 1 aromatic carbocycles. The predicted molar refractivity (Wildman–Crippen MR) is 72.9 cm³/mol. The zero-order valence-corrected chi connectivity index (χ0v) is 10.6. The van der Waals surface area contributed by atoms with Gasteiger partial charge in [-0.15, -0.1) is 0 Å². The van der Waals surface area contributed by atoms with Gasteiger partial charge >= 0.3 is 0 Å². The zero-order chi connectivity index (χ0) is 13.7. The molecule has 0 fully saturated rings. The highest BCUT2D eigenvalue weighted by Crippen LogP contribution is 2.28. The molecule has 0 saturated carbocycles. The third kappa shape index (κ3) is 3.53. The molecule has 0 aliphatic rings. The van der Waals surface area contributed by atoms with Crippen LogP contribution in [0.1, 0.15) is 12.6 Å². The fourth-order valence-electron chi connectivity index (χ4n) is 1.59. The summed E-state index contributed by atoms with van der Waals surface area (Å²) in [5, 5.41) is 2.71. The summed E-state index contributed by atoms with van der Waals surface area (Å²) < 4.78 is 5.67. The fourth-order valence-corrected chi connectivity index (χ4v) is 1.59. The fraction of sp³-hybridized carbons (Fsp3) is 0.143. The molecule has 19 heavy (non-hydrogen) atoms. The molecule has 1 amide bonds. The van der Waals surface area contributed by atoms with Gasteiger partial charge in [0.25, 0.3) is 0 Å². The van der Waals surface area contributed by atoms with E-state index >= 15 is 0 Å². The topological polar surface area (TPSA) is 77.2 Å². The summed E-state index contributed by atoms with van der Waals surface area (Å²) in [5.74, 6) is 0.833. The highest BCUT2D eigenvalue weighted by atomic mass is 16.5. The molecule has 0 atom stereocenters.